The monoisotopic (exact) mass is 242 g/mol. The molecule has 0 saturated carbocycles. The molecule has 0 unspecified atom stereocenters. The second-order valence-corrected chi connectivity index (χ2v) is 5.83. The number of nitrogens with zero attached hydrogens (tertiary/aromatic N) is 1. The first-order valence-corrected chi connectivity index (χ1v) is 7.57. The van der Waals surface area contributed by atoms with E-state index in [1.807, 2.05) is 11.8 Å². The van der Waals surface area contributed by atoms with Crippen LogP contribution in [0.2, 0.25) is 0 Å². The Morgan fingerprint density at radius 3 is 2.94 bits per heavy atom. The van der Waals surface area contributed by atoms with Gasteiger partial charge >= 0.3 is 0 Å². The summed E-state index contributed by atoms with van der Waals surface area (Å²) in [6.45, 7) is 4.95. The summed E-state index contributed by atoms with van der Waals surface area (Å²) >= 11 is 1.98. The Hall–Kier alpha value is -0.220. The van der Waals surface area contributed by atoms with Gasteiger partial charge in [-0.2, -0.15) is 11.8 Å². The molecule has 2 fully saturated rings. The minimum Gasteiger partial charge on any atom is -0.339 e. The topological polar surface area (TPSA) is 32.3 Å². The van der Waals surface area contributed by atoms with E-state index in [1.165, 1.54) is 12.2 Å². The molecule has 0 bridgehead atoms. The van der Waals surface area contributed by atoms with Crippen molar-refractivity contribution in [3.8, 4) is 0 Å². The lowest BCUT2D eigenvalue weighted by Gasteiger charge is -2.32. The highest BCUT2D eigenvalue weighted by Gasteiger charge is 2.31. The summed E-state index contributed by atoms with van der Waals surface area (Å²) in [7, 11) is 0. The van der Waals surface area contributed by atoms with Crippen molar-refractivity contribution in [1.82, 2.24) is 10.2 Å². The third kappa shape index (κ3) is 2.72. The fourth-order valence-corrected chi connectivity index (χ4v) is 3.88. The summed E-state index contributed by atoms with van der Waals surface area (Å²) in [4.78, 5) is 14.5. The molecule has 1 amide bonds. The maximum Gasteiger partial charge on any atom is 0.227 e. The number of carbonyl (C=O) groups is 1. The molecule has 1 N–H and O–H groups in total. The first-order chi connectivity index (χ1) is 7.83. The van der Waals surface area contributed by atoms with Gasteiger partial charge in [-0.05, 0) is 38.5 Å². The molecule has 2 rings (SSSR count). The van der Waals surface area contributed by atoms with Crippen LogP contribution < -0.4 is 5.32 Å². The molecular formula is C12H22N2OS. The number of piperidine rings is 1. The maximum absolute atomic E-state index is 12.4. The highest BCUT2D eigenvalue weighted by Crippen LogP contribution is 2.24. The van der Waals surface area contributed by atoms with Gasteiger partial charge in [-0.1, -0.05) is 0 Å². The lowest BCUT2D eigenvalue weighted by molar-refractivity contribution is -0.137. The lowest BCUT2D eigenvalue weighted by atomic mass is 9.97. The molecular weight excluding hydrogens is 220 g/mol. The van der Waals surface area contributed by atoms with Crippen molar-refractivity contribution in [2.45, 2.75) is 32.2 Å². The van der Waals surface area contributed by atoms with Crippen LogP contribution in [0.3, 0.4) is 0 Å². The predicted molar refractivity (Wildman–Crippen MR) is 68.7 cm³/mol. The fourth-order valence-electron chi connectivity index (χ4n) is 2.66. The summed E-state index contributed by atoms with van der Waals surface area (Å²) in [5.41, 5.74) is 0. The summed E-state index contributed by atoms with van der Waals surface area (Å²) in [5.74, 6) is 2.98. The first kappa shape index (κ1) is 12.2. The van der Waals surface area contributed by atoms with Crippen LogP contribution in [0.25, 0.3) is 0 Å². The minimum atomic E-state index is 0.235. The Morgan fingerprint density at radius 1 is 1.50 bits per heavy atom. The summed E-state index contributed by atoms with van der Waals surface area (Å²) in [6, 6.07) is 0.504. The highest BCUT2D eigenvalue weighted by molar-refractivity contribution is 7.99. The Kier molecular flexibility index (Phi) is 4.53. The van der Waals surface area contributed by atoms with Gasteiger partial charge in [0.15, 0.2) is 0 Å². The Balaban J connectivity index is 1.93. The van der Waals surface area contributed by atoms with E-state index >= 15 is 0 Å². The van der Waals surface area contributed by atoms with Gasteiger partial charge in [0, 0.05) is 24.9 Å². The maximum atomic E-state index is 12.4. The van der Waals surface area contributed by atoms with Crippen molar-refractivity contribution in [3.63, 3.8) is 0 Å². The Labute approximate surface area is 102 Å². The number of hydrogen-bond donors (Lipinski definition) is 1. The highest BCUT2D eigenvalue weighted by atomic mass is 32.2. The summed E-state index contributed by atoms with van der Waals surface area (Å²) in [6.07, 6.45) is 3.40. The van der Waals surface area contributed by atoms with Crippen LogP contribution in [0.5, 0.6) is 0 Å². The van der Waals surface area contributed by atoms with Gasteiger partial charge in [0.1, 0.15) is 0 Å². The van der Waals surface area contributed by atoms with Crippen molar-refractivity contribution < 1.29 is 4.79 Å². The largest absolute Gasteiger partial charge is 0.339 e. The molecule has 2 heterocycles. The van der Waals surface area contributed by atoms with Crippen molar-refractivity contribution in [1.29, 1.82) is 0 Å². The van der Waals surface area contributed by atoms with Gasteiger partial charge in [-0.25, -0.2) is 0 Å². The van der Waals surface area contributed by atoms with Gasteiger partial charge < -0.3 is 10.2 Å². The zero-order chi connectivity index (χ0) is 11.4. The third-order valence-corrected chi connectivity index (χ3v) is 4.76. The average Bonchev–Trinajstić information content (AvgIpc) is 2.85. The van der Waals surface area contributed by atoms with Crippen LogP contribution in [0.1, 0.15) is 26.2 Å². The standard InChI is InChI=1S/C12H22N2OS/c1-2-14(11-5-7-16-9-11)12(15)10-4-3-6-13-8-10/h10-11,13H,2-9H2,1H3/t10-,11-/m0/s1. The molecule has 3 nitrogen and oxygen atoms in total. The average molecular weight is 242 g/mol. The summed E-state index contributed by atoms with van der Waals surface area (Å²) < 4.78 is 0. The fraction of sp³-hybridized carbons (Fsp3) is 0.917. The normalized spacial score (nSPS) is 30.3. The second kappa shape index (κ2) is 5.92. The zero-order valence-electron chi connectivity index (χ0n) is 10.1. The number of amides is 1. The van der Waals surface area contributed by atoms with Gasteiger partial charge in [0.25, 0.3) is 0 Å². The zero-order valence-corrected chi connectivity index (χ0v) is 10.9. The smallest absolute Gasteiger partial charge is 0.227 e. The van der Waals surface area contributed by atoms with E-state index in [9.17, 15) is 4.79 Å². The van der Waals surface area contributed by atoms with Gasteiger partial charge in [-0.15, -0.1) is 0 Å². The van der Waals surface area contributed by atoms with E-state index in [2.05, 4.69) is 17.1 Å². The van der Waals surface area contributed by atoms with E-state index < -0.39 is 0 Å². The molecule has 0 aromatic rings. The van der Waals surface area contributed by atoms with E-state index in [-0.39, 0.29) is 5.92 Å². The lowest BCUT2D eigenvalue weighted by Crippen LogP contribution is -2.47. The number of carbonyl (C=O) groups excluding carboxylic acids is 1. The van der Waals surface area contributed by atoms with Crippen molar-refractivity contribution in [2.75, 3.05) is 31.1 Å². The van der Waals surface area contributed by atoms with Crippen molar-refractivity contribution >= 4 is 17.7 Å². The van der Waals surface area contributed by atoms with Gasteiger partial charge in [0.05, 0.1) is 5.92 Å². The van der Waals surface area contributed by atoms with Crippen molar-refractivity contribution in [2.24, 2.45) is 5.92 Å². The van der Waals surface area contributed by atoms with Crippen LogP contribution in [0.15, 0.2) is 0 Å². The second-order valence-electron chi connectivity index (χ2n) is 4.68. The Bertz CT molecular complexity index is 235. The van der Waals surface area contributed by atoms with Crippen LogP contribution in [-0.4, -0.2) is 48.0 Å². The molecule has 92 valence electrons. The predicted octanol–water partition coefficient (Wildman–Crippen LogP) is 1.34. The number of thioether (sulfide) groups is 1. The molecule has 0 aromatic carbocycles. The van der Waals surface area contributed by atoms with Crippen LogP contribution >= 0.6 is 11.8 Å². The number of rotatable bonds is 3. The molecule has 0 radical (unpaired) electrons. The summed E-state index contributed by atoms with van der Waals surface area (Å²) in [5, 5.41) is 3.33. The van der Waals surface area contributed by atoms with E-state index in [1.54, 1.807) is 0 Å². The number of hydrogen-bond acceptors (Lipinski definition) is 3. The first-order valence-electron chi connectivity index (χ1n) is 6.42. The molecule has 2 aliphatic heterocycles. The van der Waals surface area contributed by atoms with E-state index in [0.717, 1.165) is 38.2 Å². The molecule has 0 aromatic heterocycles. The van der Waals surface area contributed by atoms with Crippen LogP contribution in [-0.2, 0) is 4.79 Å². The van der Waals surface area contributed by atoms with Crippen LogP contribution in [0, 0.1) is 5.92 Å². The molecule has 0 aliphatic carbocycles. The molecule has 16 heavy (non-hydrogen) atoms. The third-order valence-electron chi connectivity index (χ3n) is 3.62. The molecule has 0 spiro atoms. The van der Waals surface area contributed by atoms with Crippen molar-refractivity contribution in [3.05, 3.63) is 0 Å². The van der Waals surface area contributed by atoms with Crippen LogP contribution in [0.4, 0.5) is 0 Å². The van der Waals surface area contributed by atoms with E-state index in [4.69, 9.17) is 0 Å². The minimum absolute atomic E-state index is 0.235. The quantitative estimate of drug-likeness (QED) is 0.810. The van der Waals surface area contributed by atoms with Gasteiger partial charge in [0.2, 0.25) is 5.91 Å². The SMILES string of the molecule is CCN(C(=O)[C@H]1CCCNC1)[C@H]1CCSC1. The molecule has 2 aliphatic rings. The molecule has 2 atom stereocenters. The van der Waals surface area contributed by atoms with E-state index in [0.29, 0.717) is 11.9 Å². The number of nitrogens with one attached hydrogen (secondary N) is 1. The molecule has 2 saturated heterocycles. The Morgan fingerprint density at radius 2 is 2.38 bits per heavy atom. The molecule has 4 heteroatoms. The van der Waals surface area contributed by atoms with Gasteiger partial charge in [-0.3, -0.25) is 4.79 Å².